The number of phenolic OH excluding ortho intramolecular Hbond substituents is 3. The highest BCUT2D eigenvalue weighted by molar-refractivity contribution is 6.53. The van der Waals surface area contributed by atoms with Crippen molar-refractivity contribution in [1.29, 1.82) is 0 Å². The molecule has 218 valence electrons. The molecular formula is C32H26N2O9. The number of aryl methyl sites for hydroxylation is 1. The van der Waals surface area contributed by atoms with Crippen LogP contribution >= 0.6 is 0 Å². The van der Waals surface area contributed by atoms with Gasteiger partial charge < -0.3 is 25.2 Å². The molecule has 6 rings (SSSR count). The quantitative estimate of drug-likeness (QED) is 0.154. The van der Waals surface area contributed by atoms with Crippen LogP contribution in [0.1, 0.15) is 71.6 Å². The van der Waals surface area contributed by atoms with Crippen LogP contribution in [0.15, 0.2) is 35.2 Å². The number of benzene rings is 2. The number of nitrogens with zero attached hydrogens (tertiary/aromatic N) is 1. The van der Waals surface area contributed by atoms with Crippen LogP contribution in [-0.4, -0.2) is 74.8 Å². The average molecular weight is 583 g/mol. The van der Waals surface area contributed by atoms with E-state index in [9.17, 15) is 44.1 Å². The summed E-state index contributed by atoms with van der Waals surface area (Å²) in [4.78, 5) is 84.8. The topological polar surface area (TPSA) is 182 Å². The number of nitrogens with one attached hydrogen (secondary N) is 1. The first-order valence-corrected chi connectivity index (χ1v) is 13.6. The molecule has 3 aliphatic carbocycles. The van der Waals surface area contributed by atoms with Gasteiger partial charge in [-0.2, -0.15) is 0 Å². The summed E-state index contributed by atoms with van der Waals surface area (Å²) in [5, 5.41) is 34.1. The molecule has 1 spiro atoms. The van der Waals surface area contributed by atoms with Crippen LogP contribution in [-0.2, 0) is 16.6 Å². The molecule has 0 fully saturated rings. The molecule has 0 bridgehead atoms. The van der Waals surface area contributed by atoms with E-state index in [1.165, 1.54) is 4.90 Å². The number of fused-ring (bicyclic) bond motifs is 5. The van der Waals surface area contributed by atoms with Crippen molar-refractivity contribution in [2.75, 3.05) is 20.6 Å². The van der Waals surface area contributed by atoms with Gasteiger partial charge in [0.05, 0.1) is 27.6 Å². The van der Waals surface area contributed by atoms with Gasteiger partial charge in [-0.3, -0.25) is 28.8 Å². The van der Waals surface area contributed by atoms with E-state index in [1.54, 1.807) is 50.5 Å². The Hall–Kier alpha value is -5.16. The zero-order chi connectivity index (χ0) is 31.1. The number of ketones is 5. The number of carbonyl (C=O) groups is 5. The van der Waals surface area contributed by atoms with Crippen molar-refractivity contribution < 1.29 is 39.3 Å². The van der Waals surface area contributed by atoms with E-state index in [0.29, 0.717) is 16.6 Å². The molecule has 1 unspecified atom stereocenters. The third kappa shape index (κ3) is 3.58. The number of rotatable bonds is 4. The number of carbonyl (C=O) groups excluding carboxylic acids is 5. The van der Waals surface area contributed by atoms with E-state index >= 15 is 0 Å². The molecule has 0 saturated heterocycles. The molecule has 3 aliphatic rings. The van der Waals surface area contributed by atoms with Gasteiger partial charge in [-0.1, -0.05) is 24.3 Å². The first kappa shape index (κ1) is 28.0. The molecule has 0 saturated carbocycles. The number of aromatic nitrogens is 1. The number of allylic oxidation sites excluding steroid dienone is 3. The van der Waals surface area contributed by atoms with Crippen LogP contribution in [0.4, 0.5) is 0 Å². The molecule has 1 heterocycles. The van der Waals surface area contributed by atoms with Crippen molar-refractivity contribution in [3.8, 4) is 17.2 Å². The Balaban J connectivity index is 1.57. The van der Waals surface area contributed by atoms with Gasteiger partial charge in [-0.15, -0.1) is 0 Å². The van der Waals surface area contributed by atoms with Crippen molar-refractivity contribution in [2.45, 2.75) is 25.2 Å². The SMILES string of the molecule is CC=CC=Cc1cc2cc3c(c(O)c2c(=O)[nH]1)[C@]1(CC3)C(=O)c2c(O)c3c(c(O)c2C1=O)C(=O)C(CN(C)C)C(=O)C3=O. The van der Waals surface area contributed by atoms with Gasteiger partial charge in [0.25, 0.3) is 5.56 Å². The summed E-state index contributed by atoms with van der Waals surface area (Å²) >= 11 is 0. The molecule has 11 nitrogen and oxygen atoms in total. The van der Waals surface area contributed by atoms with Gasteiger partial charge in [0, 0.05) is 17.8 Å². The van der Waals surface area contributed by atoms with Gasteiger partial charge in [-0.05, 0) is 57.0 Å². The second kappa shape index (κ2) is 9.43. The summed E-state index contributed by atoms with van der Waals surface area (Å²) in [6.45, 7) is 1.67. The zero-order valence-electron chi connectivity index (χ0n) is 23.4. The van der Waals surface area contributed by atoms with Crippen LogP contribution in [0.2, 0.25) is 0 Å². The molecule has 0 radical (unpaired) electrons. The van der Waals surface area contributed by atoms with E-state index in [2.05, 4.69) is 4.98 Å². The van der Waals surface area contributed by atoms with Gasteiger partial charge >= 0.3 is 0 Å². The number of aromatic hydroxyl groups is 3. The maximum absolute atomic E-state index is 14.2. The standard InChI is InChI=1S/C32H26N2O9/c1-4-5-6-7-15-11-14-10-13-8-9-32(22(13)27(39)17(14)31(43)33-15)29(41)20-21(30(32)42)26(38)19-18(25(20)37)23(35)16(12-34(2)3)24(36)28(19)40/h4-7,10-11,16,37-39H,8-9,12H2,1-3H3,(H,33,43)/t16?,32-/m0/s1. The summed E-state index contributed by atoms with van der Waals surface area (Å²) in [7, 11) is 3.15. The Bertz CT molecular complexity index is 2000. The molecule has 1 aromatic heterocycles. The minimum atomic E-state index is -2.13. The third-order valence-electron chi connectivity index (χ3n) is 8.54. The number of hydrogen-bond acceptors (Lipinski definition) is 10. The molecule has 0 amide bonds. The normalized spacial score (nSPS) is 21.3. The Morgan fingerprint density at radius 3 is 2.16 bits per heavy atom. The average Bonchev–Trinajstić information content (AvgIpc) is 3.44. The van der Waals surface area contributed by atoms with Gasteiger partial charge in [0.2, 0.25) is 11.6 Å². The van der Waals surface area contributed by atoms with Crippen molar-refractivity contribution in [3.63, 3.8) is 0 Å². The fourth-order valence-corrected chi connectivity index (χ4v) is 6.69. The summed E-state index contributed by atoms with van der Waals surface area (Å²) < 4.78 is 0. The van der Waals surface area contributed by atoms with Crippen molar-refractivity contribution in [3.05, 3.63) is 79.8 Å². The van der Waals surface area contributed by atoms with Crippen LogP contribution in [0.25, 0.3) is 16.8 Å². The molecule has 0 aliphatic heterocycles. The number of hydrogen-bond donors (Lipinski definition) is 4. The Labute approximate surface area is 243 Å². The Morgan fingerprint density at radius 1 is 0.884 bits per heavy atom. The third-order valence-corrected chi connectivity index (χ3v) is 8.54. The van der Waals surface area contributed by atoms with Crippen LogP contribution < -0.4 is 5.56 Å². The van der Waals surface area contributed by atoms with E-state index in [4.69, 9.17) is 0 Å². The number of Topliss-reactive ketones (excluding diaryl/α,β-unsaturated/α-hetero) is 5. The Kier molecular flexibility index (Phi) is 6.14. The first-order valence-electron chi connectivity index (χ1n) is 13.6. The lowest BCUT2D eigenvalue weighted by Crippen LogP contribution is -2.42. The molecule has 11 heteroatoms. The van der Waals surface area contributed by atoms with E-state index < -0.39 is 85.3 Å². The number of H-pyrrole nitrogens is 1. The molecule has 2 aromatic carbocycles. The summed E-state index contributed by atoms with van der Waals surface area (Å²) in [5.74, 6) is -9.42. The number of pyridine rings is 1. The second-order valence-corrected chi connectivity index (χ2v) is 11.3. The van der Waals surface area contributed by atoms with Crippen molar-refractivity contribution >= 4 is 45.8 Å². The van der Waals surface area contributed by atoms with Gasteiger partial charge in [-0.25, -0.2) is 0 Å². The highest BCUT2D eigenvalue weighted by atomic mass is 16.3. The lowest BCUT2D eigenvalue weighted by molar-refractivity contribution is -0.118. The smallest absolute Gasteiger partial charge is 0.260 e. The minimum Gasteiger partial charge on any atom is -0.507 e. The van der Waals surface area contributed by atoms with E-state index in [0.717, 1.165) is 0 Å². The fourth-order valence-electron chi connectivity index (χ4n) is 6.69. The second-order valence-electron chi connectivity index (χ2n) is 11.3. The van der Waals surface area contributed by atoms with Gasteiger partial charge in [0.1, 0.15) is 28.6 Å². The lowest BCUT2D eigenvalue weighted by Gasteiger charge is -2.25. The summed E-state index contributed by atoms with van der Waals surface area (Å²) in [6.07, 6.45) is 6.91. The molecule has 3 aromatic rings. The van der Waals surface area contributed by atoms with Crippen LogP contribution in [0.5, 0.6) is 17.2 Å². The lowest BCUT2D eigenvalue weighted by atomic mass is 9.76. The van der Waals surface area contributed by atoms with Crippen molar-refractivity contribution in [1.82, 2.24) is 9.88 Å². The molecular weight excluding hydrogens is 556 g/mol. The van der Waals surface area contributed by atoms with Gasteiger partial charge in [0.15, 0.2) is 17.3 Å². The molecule has 43 heavy (non-hydrogen) atoms. The fraction of sp³-hybridized carbons (Fsp3) is 0.250. The van der Waals surface area contributed by atoms with E-state index in [1.807, 2.05) is 6.92 Å². The largest absolute Gasteiger partial charge is 0.507 e. The maximum Gasteiger partial charge on any atom is 0.260 e. The monoisotopic (exact) mass is 582 g/mol. The summed E-state index contributed by atoms with van der Waals surface area (Å²) in [6, 6.07) is 3.24. The van der Waals surface area contributed by atoms with Crippen LogP contribution in [0.3, 0.4) is 0 Å². The molecule has 4 N–H and O–H groups in total. The Morgan fingerprint density at radius 2 is 1.53 bits per heavy atom. The zero-order valence-corrected chi connectivity index (χ0v) is 23.4. The highest BCUT2D eigenvalue weighted by Gasteiger charge is 2.62. The van der Waals surface area contributed by atoms with Crippen LogP contribution in [0, 0.1) is 5.92 Å². The predicted octanol–water partition coefficient (Wildman–Crippen LogP) is 2.62. The highest BCUT2D eigenvalue weighted by Crippen LogP contribution is 2.57. The first-order chi connectivity index (χ1) is 20.4. The summed E-state index contributed by atoms with van der Waals surface area (Å²) in [5.41, 5.74) is -4.95. The van der Waals surface area contributed by atoms with Crippen molar-refractivity contribution in [2.24, 2.45) is 5.92 Å². The maximum atomic E-state index is 14.2. The van der Waals surface area contributed by atoms with E-state index in [-0.39, 0.29) is 30.3 Å². The predicted molar refractivity (Wildman–Crippen MR) is 154 cm³/mol. The number of phenols is 3. The molecule has 2 atom stereocenters. The number of aromatic amines is 1. The minimum absolute atomic E-state index is 0.128.